The molecule has 0 bridgehead atoms. The number of hydrogen-bond acceptors (Lipinski definition) is 2. The molecule has 0 unspecified atom stereocenters. The maximum atomic E-state index is 10.7. The molecule has 0 aromatic rings. The summed E-state index contributed by atoms with van der Waals surface area (Å²) in [5.74, 6) is 1.62. The molecule has 0 aliphatic carbocycles. The summed E-state index contributed by atoms with van der Waals surface area (Å²) in [6.07, 6.45) is 6.52. The number of aliphatic hydroxyl groups excluding tert-OH is 1. The van der Waals surface area contributed by atoms with Gasteiger partial charge in [-0.25, -0.2) is 0 Å². The summed E-state index contributed by atoms with van der Waals surface area (Å²) in [5, 5.41) is 11.3. The highest BCUT2D eigenvalue weighted by molar-refractivity contribution is 5.92. The van der Waals surface area contributed by atoms with E-state index in [0.29, 0.717) is 6.54 Å². The molecule has 0 heterocycles. The Hall–Kier alpha value is -1.01. The van der Waals surface area contributed by atoms with Gasteiger partial charge in [0.1, 0.15) is 0 Å². The van der Waals surface area contributed by atoms with Crippen LogP contribution in [0.5, 0.6) is 0 Å². The van der Waals surface area contributed by atoms with Crippen molar-refractivity contribution in [1.82, 2.24) is 5.32 Å². The van der Waals surface area contributed by atoms with E-state index < -0.39 is 0 Å². The van der Waals surface area contributed by atoms with Crippen LogP contribution in [0.4, 0.5) is 0 Å². The fourth-order valence-corrected chi connectivity index (χ4v) is 1.02. The van der Waals surface area contributed by atoms with Crippen LogP contribution < -0.4 is 5.32 Å². The molecule has 0 saturated carbocycles. The minimum atomic E-state index is -0.378. The van der Waals surface area contributed by atoms with Crippen molar-refractivity contribution >= 4 is 5.91 Å². The van der Waals surface area contributed by atoms with Gasteiger partial charge in [-0.2, -0.15) is 0 Å². The smallest absolute Gasteiger partial charge is 0.295 e. The average molecular weight is 183 g/mol. The van der Waals surface area contributed by atoms with Crippen LogP contribution in [0.3, 0.4) is 0 Å². The largest absolute Gasteiger partial charge is 0.396 e. The van der Waals surface area contributed by atoms with Gasteiger partial charge in [0.05, 0.1) is 0 Å². The van der Waals surface area contributed by atoms with Gasteiger partial charge in [-0.15, -0.1) is 6.42 Å². The third-order valence-corrected chi connectivity index (χ3v) is 1.87. The zero-order valence-corrected chi connectivity index (χ0v) is 8.26. The van der Waals surface area contributed by atoms with Gasteiger partial charge in [-0.05, 0) is 24.2 Å². The lowest BCUT2D eigenvalue weighted by atomic mass is 9.88. The van der Waals surface area contributed by atoms with Crippen molar-refractivity contribution in [1.29, 1.82) is 0 Å². The van der Waals surface area contributed by atoms with Crippen LogP contribution in [0.1, 0.15) is 26.7 Å². The molecule has 2 N–H and O–H groups in total. The van der Waals surface area contributed by atoms with Crippen molar-refractivity contribution in [3.8, 4) is 12.3 Å². The number of terminal acetylenes is 1. The van der Waals surface area contributed by atoms with E-state index >= 15 is 0 Å². The molecule has 0 rings (SSSR count). The van der Waals surface area contributed by atoms with Gasteiger partial charge in [0.25, 0.3) is 5.91 Å². The summed E-state index contributed by atoms with van der Waals surface area (Å²) >= 11 is 0. The molecule has 0 saturated heterocycles. The van der Waals surface area contributed by atoms with Gasteiger partial charge < -0.3 is 10.4 Å². The quantitative estimate of drug-likeness (QED) is 0.611. The van der Waals surface area contributed by atoms with Crippen LogP contribution >= 0.6 is 0 Å². The topological polar surface area (TPSA) is 49.3 Å². The van der Waals surface area contributed by atoms with Crippen LogP contribution in [0, 0.1) is 17.8 Å². The highest BCUT2D eigenvalue weighted by Gasteiger charge is 2.17. The predicted octanol–water partition coefficient (Wildman–Crippen LogP) is 0.534. The Balaban J connectivity index is 3.76. The van der Waals surface area contributed by atoms with Crippen molar-refractivity contribution < 1.29 is 9.90 Å². The van der Waals surface area contributed by atoms with Crippen molar-refractivity contribution in [3.63, 3.8) is 0 Å². The van der Waals surface area contributed by atoms with Gasteiger partial charge in [-0.1, -0.05) is 13.8 Å². The van der Waals surface area contributed by atoms with Gasteiger partial charge >= 0.3 is 0 Å². The Labute approximate surface area is 79.5 Å². The van der Waals surface area contributed by atoms with Crippen molar-refractivity contribution in [2.75, 3.05) is 13.2 Å². The highest BCUT2D eigenvalue weighted by atomic mass is 16.2. The molecule has 0 radical (unpaired) electrons. The Morgan fingerprint density at radius 1 is 1.62 bits per heavy atom. The first-order valence-corrected chi connectivity index (χ1v) is 4.37. The van der Waals surface area contributed by atoms with Crippen LogP contribution in [-0.4, -0.2) is 24.2 Å². The normalized spacial score (nSPS) is 10.6. The summed E-state index contributed by atoms with van der Waals surface area (Å²) in [6, 6.07) is 0. The molecule has 1 amide bonds. The zero-order valence-electron chi connectivity index (χ0n) is 8.26. The molecule has 0 fully saturated rings. The number of carbonyl (C=O) groups is 1. The van der Waals surface area contributed by atoms with Crippen molar-refractivity contribution in [3.05, 3.63) is 0 Å². The van der Waals surface area contributed by atoms with Crippen molar-refractivity contribution in [2.45, 2.75) is 26.7 Å². The van der Waals surface area contributed by atoms with E-state index in [4.69, 9.17) is 11.5 Å². The molecular weight excluding hydrogens is 166 g/mol. The summed E-state index contributed by atoms with van der Waals surface area (Å²) in [6.45, 7) is 4.79. The first-order chi connectivity index (χ1) is 6.02. The second-order valence-electron chi connectivity index (χ2n) is 3.82. The summed E-state index contributed by atoms with van der Waals surface area (Å²) in [7, 11) is 0. The van der Waals surface area contributed by atoms with Crippen LogP contribution in [0.15, 0.2) is 0 Å². The Bertz CT molecular complexity index is 203. The lowest BCUT2D eigenvalue weighted by Crippen LogP contribution is -2.33. The number of nitrogens with one attached hydrogen (secondary N) is 1. The number of amides is 1. The first kappa shape index (κ1) is 12.0. The predicted molar refractivity (Wildman–Crippen MR) is 51.9 cm³/mol. The summed E-state index contributed by atoms with van der Waals surface area (Å²) < 4.78 is 0. The Kier molecular flexibility index (Phi) is 5.17. The number of carbonyl (C=O) groups excluding carboxylic acids is 1. The fraction of sp³-hybridized carbons (Fsp3) is 0.700. The van der Waals surface area contributed by atoms with E-state index in [-0.39, 0.29) is 17.9 Å². The van der Waals surface area contributed by atoms with E-state index in [0.717, 1.165) is 12.8 Å². The molecular formula is C10H17NO2. The Morgan fingerprint density at radius 3 is 2.69 bits per heavy atom. The second-order valence-corrected chi connectivity index (χ2v) is 3.82. The van der Waals surface area contributed by atoms with Crippen LogP contribution in [0.2, 0.25) is 0 Å². The lowest BCUT2D eigenvalue weighted by Gasteiger charge is -2.23. The molecule has 0 atom stereocenters. The molecule has 3 heteroatoms. The number of aliphatic hydroxyl groups is 1. The van der Waals surface area contributed by atoms with E-state index in [1.54, 1.807) is 0 Å². The standard InChI is InChI=1S/C10H17NO2/c1-4-9(13)11-8-10(2,3)6-5-7-12/h1,12H,5-8H2,2-3H3,(H,11,13). The third-order valence-electron chi connectivity index (χ3n) is 1.87. The molecule has 74 valence electrons. The SMILES string of the molecule is C#CC(=O)NCC(C)(C)CCCO. The molecule has 0 spiro atoms. The Morgan fingerprint density at radius 2 is 2.23 bits per heavy atom. The molecule has 0 aromatic heterocycles. The minimum Gasteiger partial charge on any atom is -0.396 e. The van der Waals surface area contributed by atoms with E-state index in [9.17, 15) is 4.79 Å². The van der Waals surface area contributed by atoms with E-state index in [2.05, 4.69) is 5.32 Å². The molecule has 0 aliphatic rings. The molecule has 0 aliphatic heterocycles. The third kappa shape index (κ3) is 6.18. The van der Waals surface area contributed by atoms with Gasteiger partial charge in [0, 0.05) is 13.2 Å². The maximum Gasteiger partial charge on any atom is 0.295 e. The van der Waals surface area contributed by atoms with Gasteiger partial charge in [-0.3, -0.25) is 4.79 Å². The van der Waals surface area contributed by atoms with Crippen LogP contribution in [0.25, 0.3) is 0 Å². The van der Waals surface area contributed by atoms with Crippen LogP contribution in [-0.2, 0) is 4.79 Å². The molecule has 0 aromatic carbocycles. The average Bonchev–Trinajstić information content (AvgIpc) is 2.11. The van der Waals surface area contributed by atoms with Gasteiger partial charge in [0.15, 0.2) is 0 Å². The van der Waals surface area contributed by atoms with Gasteiger partial charge in [0.2, 0.25) is 0 Å². The van der Waals surface area contributed by atoms with E-state index in [1.807, 2.05) is 19.8 Å². The van der Waals surface area contributed by atoms with E-state index in [1.165, 1.54) is 0 Å². The number of hydrogen-bond donors (Lipinski definition) is 2. The maximum absolute atomic E-state index is 10.7. The lowest BCUT2D eigenvalue weighted by molar-refractivity contribution is -0.116. The fourth-order valence-electron chi connectivity index (χ4n) is 1.02. The summed E-state index contributed by atoms with van der Waals surface area (Å²) in [4.78, 5) is 10.7. The van der Waals surface area contributed by atoms with Crippen molar-refractivity contribution in [2.24, 2.45) is 5.41 Å². The second kappa shape index (κ2) is 5.60. The first-order valence-electron chi connectivity index (χ1n) is 4.37. The molecule has 3 nitrogen and oxygen atoms in total. The minimum absolute atomic E-state index is 0.00472. The molecule has 13 heavy (non-hydrogen) atoms. The monoisotopic (exact) mass is 183 g/mol. The highest BCUT2D eigenvalue weighted by Crippen LogP contribution is 2.20. The summed E-state index contributed by atoms with van der Waals surface area (Å²) in [5.41, 5.74) is -0.00472. The zero-order chi connectivity index (χ0) is 10.3. The number of rotatable bonds is 5.